The van der Waals surface area contributed by atoms with Crippen LogP contribution < -0.4 is 5.32 Å². The van der Waals surface area contributed by atoms with Crippen LogP contribution in [0.3, 0.4) is 0 Å². The normalized spacial score (nSPS) is 11.5. The van der Waals surface area contributed by atoms with Crippen molar-refractivity contribution < 1.29 is 18.0 Å². The van der Waals surface area contributed by atoms with Gasteiger partial charge in [-0.15, -0.1) is 0 Å². The van der Waals surface area contributed by atoms with Crippen molar-refractivity contribution in [2.75, 3.05) is 27.2 Å². The minimum Gasteiger partial charge on any atom is -0.340 e. The molecule has 0 atom stereocenters. The topological polar surface area (TPSA) is 32.3 Å². The molecule has 1 aromatic carbocycles. The zero-order chi connectivity index (χ0) is 14.6. The van der Waals surface area contributed by atoms with Crippen LogP contribution in [0.4, 0.5) is 13.2 Å². The minimum atomic E-state index is -4.44. The SMILES string of the molecule is CNCCN(C)C(=O)c1cc(I)cc(C(F)(F)F)c1. The van der Waals surface area contributed by atoms with Crippen molar-refractivity contribution >= 4 is 28.5 Å². The Balaban J connectivity index is 3.00. The van der Waals surface area contributed by atoms with Gasteiger partial charge in [0.1, 0.15) is 0 Å². The average Bonchev–Trinajstić information content (AvgIpc) is 2.33. The Labute approximate surface area is 123 Å². The number of hydrogen-bond acceptors (Lipinski definition) is 2. The monoisotopic (exact) mass is 386 g/mol. The number of nitrogens with zero attached hydrogens (tertiary/aromatic N) is 1. The van der Waals surface area contributed by atoms with E-state index in [0.29, 0.717) is 16.7 Å². The molecule has 3 nitrogen and oxygen atoms in total. The highest BCUT2D eigenvalue weighted by atomic mass is 127. The summed E-state index contributed by atoms with van der Waals surface area (Å²) in [6.07, 6.45) is -4.44. The first-order chi connectivity index (χ1) is 8.75. The lowest BCUT2D eigenvalue weighted by atomic mass is 10.1. The molecule has 0 heterocycles. The zero-order valence-corrected chi connectivity index (χ0v) is 12.7. The maximum absolute atomic E-state index is 12.7. The second-order valence-electron chi connectivity index (χ2n) is 4.06. The van der Waals surface area contributed by atoms with Crippen LogP contribution in [0.5, 0.6) is 0 Å². The first-order valence-corrected chi connectivity index (χ1v) is 6.61. The van der Waals surface area contributed by atoms with Crippen molar-refractivity contribution in [3.05, 3.63) is 32.9 Å². The number of hydrogen-bond donors (Lipinski definition) is 1. The zero-order valence-electron chi connectivity index (χ0n) is 10.5. The van der Waals surface area contributed by atoms with E-state index < -0.39 is 17.6 Å². The third kappa shape index (κ3) is 4.64. The molecule has 0 aromatic heterocycles. The van der Waals surface area contributed by atoms with Gasteiger partial charge in [0.2, 0.25) is 0 Å². The number of alkyl halides is 3. The lowest BCUT2D eigenvalue weighted by Crippen LogP contribution is -2.33. The fourth-order valence-electron chi connectivity index (χ4n) is 1.48. The standard InChI is InChI=1S/C12H14F3IN2O/c1-17-3-4-18(2)11(19)8-5-9(12(13,14)15)7-10(16)6-8/h5-7,17H,3-4H2,1-2H3. The smallest absolute Gasteiger partial charge is 0.340 e. The second kappa shape index (κ2) is 6.56. The van der Waals surface area contributed by atoms with Crippen LogP contribution >= 0.6 is 22.6 Å². The molecule has 0 aliphatic rings. The fourth-order valence-corrected chi connectivity index (χ4v) is 2.15. The first kappa shape index (κ1) is 16.2. The Hall–Kier alpha value is -0.830. The van der Waals surface area contributed by atoms with Crippen molar-refractivity contribution in [1.29, 1.82) is 0 Å². The van der Waals surface area contributed by atoms with Gasteiger partial charge in [0.25, 0.3) is 5.91 Å². The minimum absolute atomic E-state index is 0.0535. The Morgan fingerprint density at radius 2 is 2.00 bits per heavy atom. The van der Waals surface area contributed by atoms with Crippen LogP contribution in [-0.4, -0.2) is 38.0 Å². The lowest BCUT2D eigenvalue weighted by molar-refractivity contribution is -0.137. The molecule has 0 unspecified atom stereocenters. The van der Waals surface area contributed by atoms with Crippen LogP contribution in [0.15, 0.2) is 18.2 Å². The molecular weight excluding hydrogens is 372 g/mol. The maximum atomic E-state index is 12.7. The molecule has 0 bridgehead atoms. The van der Waals surface area contributed by atoms with E-state index in [9.17, 15) is 18.0 Å². The van der Waals surface area contributed by atoms with Crippen LogP contribution in [0, 0.1) is 3.57 Å². The molecule has 0 fully saturated rings. The Morgan fingerprint density at radius 3 is 2.53 bits per heavy atom. The van der Waals surface area contributed by atoms with Gasteiger partial charge in [0.15, 0.2) is 0 Å². The van der Waals surface area contributed by atoms with Crippen molar-refractivity contribution in [2.24, 2.45) is 0 Å². The molecule has 0 radical (unpaired) electrons. The summed E-state index contributed by atoms with van der Waals surface area (Å²) in [5.41, 5.74) is -0.748. The highest BCUT2D eigenvalue weighted by molar-refractivity contribution is 14.1. The van der Waals surface area contributed by atoms with Crippen LogP contribution in [0.2, 0.25) is 0 Å². The van der Waals surface area contributed by atoms with Crippen LogP contribution in [0.25, 0.3) is 0 Å². The third-order valence-electron chi connectivity index (χ3n) is 2.52. The molecular formula is C12H14F3IN2O. The highest BCUT2D eigenvalue weighted by Gasteiger charge is 2.31. The molecule has 1 aromatic rings. The van der Waals surface area contributed by atoms with E-state index in [2.05, 4.69) is 5.32 Å². The van der Waals surface area contributed by atoms with Gasteiger partial charge >= 0.3 is 6.18 Å². The fraction of sp³-hybridized carbons (Fsp3) is 0.417. The van der Waals surface area contributed by atoms with Gasteiger partial charge in [-0.3, -0.25) is 4.79 Å². The van der Waals surface area contributed by atoms with E-state index >= 15 is 0 Å². The molecule has 1 rings (SSSR count). The van der Waals surface area contributed by atoms with Gasteiger partial charge < -0.3 is 10.2 Å². The number of carbonyl (C=O) groups excluding carboxylic acids is 1. The van der Waals surface area contributed by atoms with Crippen molar-refractivity contribution in [3.63, 3.8) is 0 Å². The van der Waals surface area contributed by atoms with E-state index in [0.717, 1.165) is 12.1 Å². The van der Waals surface area contributed by atoms with Gasteiger partial charge in [0, 0.05) is 29.3 Å². The average molecular weight is 386 g/mol. The molecule has 0 aliphatic carbocycles. The number of amides is 1. The predicted octanol–water partition coefficient (Wildman–Crippen LogP) is 2.60. The number of nitrogens with one attached hydrogen (secondary N) is 1. The number of carbonyl (C=O) groups is 1. The molecule has 19 heavy (non-hydrogen) atoms. The Morgan fingerprint density at radius 1 is 1.37 bits per heavy atom. The molecule has 1 N–H and O–H groups in total. The van der Waals surface area contributed by atoms with Crippen molar-refractivity contribution in [2.45, 2.75) is 6.18 Å². The maximum Gasteiger partial charge on any atom is 0.416 e. The molecule has 0 spiro atoms. The Kier molecular flexibility index (Phi) is 5.60. The van der Waals surface area contributed by atoms with E-state index in [4.69, 9.17) is 0 Å². The van der Waals surface area contributed by atoms with Crippen LogP contribution in [0.1, 0.15) is 15.9 Å². The largest absolute Gasteiger partial charge is 0.416 e. The molecule has 0 aliphatic heterocycles. The number of likely N-dealkylation sites (N-methyl/N-ethyl adjacent to an activating group) is 2. The molecule has 0 saturated heterocycles. The summed E-state index contributed by atoms with van der Waals surface area (Å²) in [6, 6.07) is 3.36. The summed E-state index contributed by atoms with van der Waals surface area (Å²) < 4.78 is 38.4. The van der Waals surface area contributed by atoms with Gasteiger partial charge in [-0.25, -0.2) is 0 Å². The summed E-state index contributed by atoms with van der Waals surface area (Å²) >= 11 is 1.77. The van der Waals surface area contributed by atoms with Crippen molar-refractivity contribution in [1.82, 2.24) is 10.2 Å². The van der Waals surface area contributed by atoms with Crippen molar-refractivity contribution in [3.8, 4) is 0 Å². The van der Waals surface area contributed by atoms with Crippen LogP contribution in [-0.2, 0) is 6.18 Å². The lowest BCUT2D eigenvalue weighted by Gasteiger charge is -2.18. The molecule has 106 valence electrons. The van der Waals surface area contributed by atoms with Gasteiger partial charge in [-0.2, -0.15) is 13.2 Å². The van der Waals surface area contributed by atoms with E-state index in [1.54, 1.807) is 36.7 Å². The van der Waals surface area contributed by atoms with Gasteiger partial charge in [0.05, 0.1) is 5.56 Å². The number of rotatable bonds is 4. The second-order valence-corrected chi connectivity index (χ2v) is 5.30. The number of benzene rings is 1. The van der Waals surface area contributed by atoms with Gasteiger partial charge in [-0.1, -0.05) is 0 Å². The molecule has 7 heteroatoms. The quantitative estimate of drug-likeness (QED) is 0.808. The Bertz CT molecular complexity index is 463. The van der Waals surface area contributed by atoms with Gasteiger partial charge in [-0.05, 0) is 47.8 Å². The predicted molar refractivity (Wildman–Crippen MR) is 75.0 cm³/mol. The summed E-state index contributed by atoms with van der Waals surface area (Å²) in [6.45, 7) is 1.01. The molecule has 1 amide bonds. The number of halogens is 4. The van der Waals surface area contributed by atoms with E-state index in [1.165, 1.54) is 11.0 Å². The summed E-state index contributed by atoms with van der Waals surface area (Å²) in [7, 11) is 3.30. The summed E-state index contributed by atoms with van der Waals surface area (Å²) in [4.78, 5) is 13.4. The molecule has 0 saturated carbocycles. The third-order valence-corrected chi connectivity index (χ3v) is 3.14. The highest BCUT2D eigenvalue weighted by Crippen LogP contribution is 2.31. The summed E-state index contributed by atoms with van der Waals surface area (Å²) in [5.74, 6) is -0.417. The summed E-state index contributed by atoms with van der Waals surface area (Å²) in [5, 5.41) is 2.88. The first-order valence-electron chi connectivity index (χ1n) is 5.53. The van der Waals surface area contributed by atoms with E-state index in [-0.39, 0.29) is 5.56 Å². The van der Waals surface area contributed by atoms with E-state index in [1.807, 2.05) is 0 Å².